The van der Waals surface area contributed by atoms with Gasteiger partial charge in [-0.25, -0.2) is 8.42 Å². The number of sulfone groups is 1. The van der Waals surface area contributed by atoms with Crippen LogP contribution in [0.15, 0.2) is 58.4 Å². The van der Waals surface area contributed by atoms with Gasteiger partial charge in [0.25, 0.3) is 0 Å². The molecule has 2 rings (SSSR count). The SMILES string of the molecule is CCNC(=NCCCS(=O)(=O)c1ccccc1)Nc1ccc(OC)c(OC)c1.I. The van der Waals surface area contributed by atoms with Gasteiger partial charge < -0.3 is 20.1 Å². The van der Waals surface area contributed by atoms with Crippen molar-refractivity contribution in [1.82, 2.24) is 5.32 Å². The molecule has 9 heteroatoms. The van der Waals surface area contributed by atoms with Gasteiger partial charge in [-0.2, -0.15) is 0 Å². The molecule has 0 aliphatic heterocycles. The zero-order chi connectivity index (χ0) is 20.4. The zero-order valence-corrected chi connectivity index (χ0v) is 20.0. The summed E-state index contributed by atoms with van der Waals surface area (Å²) < 4.78 is 35.2. The average Bonchev–Trinajstić information content (AvgIpc) is 2.71. The fourth-order valence-corrected chi connectivity index (χ4v) is 3.87. The molecule has 0 bridgehead atoms. The van der Waals surface area contributed by atoms with Crippen molar-refractivity contribution < 1.29 is 17.9 Å². The summed E-state index contributed by atoms with van der Waals surface area (Å²) in [6.07, 6.45) is 0.430. The number of aliphatic imine (C=N–C) groups is 1. The van der Waals surface area contributed by atoms with Crippen LogP contribution >= 0.6 is 24.0 Å². The van der Waals surface area contributed by atoms with Gasteiger partial charge in [-0.3, -0.25) is 4.99 Å². The molecule has 29 heavy (non-hydrogen) atoms. The summed E-state index contributed by atoms with van der Waals surface area (Å²) in [5.41, 5.74) is 0.786. The molecule has 0 unspecified atom stereocenters. The molecule has 0 amide bonds. The molecule has 2 aromatic carbocycles. The molecule has 0 saturated heterocycles. The van der Waals surface area contributed by atoms with Crippen LogP contribution < -0.4 is 20.1 Å². The van der Waals surface area contributed by atoms with E-state index < -0.39 is 9.84 Å². The fourth-order valence-electron chi connectivity index (χ4n) is 2.55. The van der Waals surface area contributed by atoms with Crippen LogP contribution in [0.25, 0.3) is 0 Å². The first-order valence-electron chi connectivity index (χ1n) is 9.05. The van der Waals surface area contributed by atoms with Crippen LogP contribution in [0, 0.1) is 0 Å². The maximum Gasteiger partial charge on any atom is 0.195 e. The van der Waals surface area contributed by atoms with Gasteiger partial charge in [0.2, 0.25) is 0 Å². The third kappa shape index (κ3) is 7.73. The maximum absolute atomic E-state index is 12.3. The van der Waals surface area contributed by atoms with Crippen LogP contribution in [0.4, 0.5) is 5.69 Å². The van der Waals surface area contributed by atoms with Gasteiger partial charge in [-0.1, -0.05) is 18.2 Å². The number of nitrogens with one attached hydrogen (secondary N) is 2. The standard InChI is InChI=1S/C20H27N3O4S.HI/c1-4-21-20(23-16-11-12-18(26-2)19(15-16)27-3)22-13-8-14-28(24,25)17-9-6-5-7-10-17;/h5-7,9-12,15H,4,8,13-14H2,1-3H3,(H2,21,22,23);1H. The van der Waals surface area contributed by atoms with E-state index >= 15 is 0 Å². The predicted molar refractivity (Wildman–Crippen MR) is 128 cm³/mol. The van der Waals surface area contributed by atoms with Crippen molar-refractivity contribution in [2.45, 2.75) is 18.2 Å². The van der Waals surface area contributed by atoms with Gasteiger partial charge in [-0.05, 0) is 37.6 Å². The summed E-state index contributed by atoms with van der Waals surface area (Å²) in [4.78, 5) is 4.80. The molecular formula is C20H28IN3O4S. The van der Waals surface area contributed by atoms with Crippen molar-refractivity contribution in [3.63, 3.8) is 0 Å². The summed E-state index contributed by atoms with van der Waals surface area (Å²) in [6.45, 7) is 3.03. The second kappa shape index (κ2) is 12.5. The minimum Gasteiger partial charge on any atom is -0.493 e. The van der Waals surface area contributed by atoms with Gasteiger partial charge in [0.1, 0.15) is 0 Å². The smallest absolute Gasteiger partial charge is 0.195 e. The minimum absolute atomic E-state index is 0. The van der Waals surface area contributed by atoms with Gasteiger partial charge in [0.15, 0.2) is 27.3 Å². The molecule has 7 nitrogen and oxygen atoms in total. The maximum atomic E-state index is 12.3. The minimum atomic E-state index is -3.29. The van der Waals surface area contributed by atoms with Gasteiger partial charge in [0.05, 0.1) is 24.9 Å². The molecule has 0 spiro atoms. The van der Waals surface area contributed by atoms with E-state index in [4.69, 9.17) is 9.47 Å². The first-order chi connectivity index (χ1) is 13.5. The van der Waals surface area contributed by atoms with Crippen molar-refractivity contribution in [2.24, 2.45) is 4.99 Å². The van der Waals surface area contributed by atoms with Gasteiger partial charge >= 0.3 is 0 Å². The molecule has 160 valence electrons. The highest BCUT2D eigenvalue weighted by molar-refractivity contribution is 14.0. The predicted octanol–water partition coefficient (Wildman–Crippen LogP) is 3.56. The highest BCUT2D eigenvalue weighted by atomic mass is 127. The number of hydrogen-bond donors (Lipinski definition) is 2. The Balaban J connectivity index is 0.00000420. The van der Waals surface area contributed by atoms with Crippen LogP contribution in [0.5, 0.6) is 11.5 Å². The molecule has 0 radical (unpaired) electrons. The fraction of sp³-hybridized carbons (Fsp3) is 0.350. The van der Waals surface area contributed by atoms with E-state index in [-0.39, 0.29) is 29.7 Å². The van der Waals surface area contributed by atoms with E-state index in [0.29, 0.717) is 41.9 Å². The molecule has 2 aromatic rings. The van der Waals surface area contributed by atoms with Crippen LogP contribution in [0.3, 0.4) is 0 Å². The van der Waals surface area contributed by atoms with Crippen molar-refractivity contribution in [2.75, 3.05) is 38.4 Å². The van der Waals surface area contributed by atoms with E-state index in [2.05, 4.69) is 15.6 Å². The molecule has 0 saturated carbocycles. The Bertz CT molecular complexity index is 890. The molecule has 0 aliphatic rings. The molecule has 0 fully saturated rings. The Morgan fingerprint density at radius 3 is 2.34 bits per heavy atom. The van der Waals surface area contributed by atoms with Crippen molar-refractivity contribution in [3.05, 3.63) is 48.5 Å². The van der Waals surface area contributed by atoms with Crippen molar-refractivity contribution in [3.8, 4) is 11.5 Å². The first kappa shape index (κ1) is 25.0. The quantitative estimate of drug-likeness (QED) is 0.222. The monoisotopic (exact) mass is 533 g/mol. The third-order valence-electron chi connectivity index (χ3n) is 3.93. The number of anilines is 1. The number of guanidine groups is 1. The lowest BCUT2D eigenvalue weighted by molar-refractivity contribution is 0.355. The Hall–Kier alpha value is -2.01. The van der Waals surface area contributed by atoms with Crippen molar-refractivity contribution >= 4 is 45.5 Å². The lowest BCUT2D eigenvalue weighted by atomic mass is 10.3. The first-order valence-corrected chi connectivity index (χ1v) is 10.7. The van der Waals surface area contributed by atoms with Gasteiger partial charge in [-0.15, -0.1) is 24.0 Å². The van der Waals surface area contributed by atoms with E-state index in [1.807, 2.05) is 19.1 Å². The Morgan fingerprint density at radius 1 is 1.03 bits per heavy atom. The van der Waals surface area contributed by atoms with E-state index in [0.717, 1.165) is 5.69 Å². The summed E-state index contributed by atoms with van der Waals surface area (Å²) in [7, 11) is -0.126. The van der Waals surface area contributed by atoms with E-state index in [1.54, 1.807) is 50.6 Å². The Morgan fingerprint density at radius 2 is 1.72 bits per heavy atom. The number of nitrogens with zero attached hydrogens (tertiary/aromatic N) is 1. The number of benzene rings is 2. The van der Waals surface area contributed by atoms with Crippen LogP contribution in [-0.2, 0) is 9.84 Å². The van der Waals surface area contributed by atoms with Crippen LogP contribution in [0.2, 0.25) is 0 Å². The second-order valence-corrected chi connectivity index (χ2v) is 8.05. The number of ether oxygens (including phenoxy) is 2. The molecule has 0 heterocycles. The average molecular weight is 533 g/mol. The molecule has 0 atom stereocenters. The van der Waals surface area contributed by atoms with Crippen LogP contribution in [0.1, 0.15) is 13.3 Å². The second-order valence-electron chi connectivity index (χ2n) is 5.94. The summed E-state index contributed by atoms with van der Waals surface area (Å²) in [6, 6.07) is 13.9. The third-order valence-corrected chi connectivity index (χ3v) is 5.75. The summed E-state index contributed by atoms with van der Waals surface area (Å²) >= 11 is 0. The molecule has 0 aromatic heterocycles. The molecule has 0 aliphatic carbocycles. The number of rotatable bonds is 9. The zero-order valence-electron chi connectivity index (χ0n) is 16.8. The molecule has 2 N–H and O–H groups in total. The largest absolute Gasteiger partial charge is 0.493 e. The van der Waals surface area contributed by atoms with E-state index in [1.165, 1.54) is 0 Å². The van der Waals surface area contributed by atoms with E-state index in [9.17, 15) is 8.42 Å². The summed E-state index contributed by atoms with van der Waals surface area (Å²) in [5, 5.41) is 6.33. The lowest BCUT2D eigenvalue weighted by Gasteiger charge is -2.14. The number of halogens is 1. The van der Waals surface area contributed by atoms with Gasteiger partial charge in [0, 0.05) is 24.8 Å². The Kier molecular flexibility index (Phi) is 10.8. The Labute approximate surface area is 189 Å². The van der Waals surface area contributed by atoms with Crippen LogP contribution in [-0.4, -0.2) is 47.4 Å². The lowest BCUT2D eigenvalue weighted by Crippen LogP contribution is -2.30. The normalized spacial score (nSPS) is 11.3. The van der Waals surface area contributed by atoms with Crippen molar-refractivity contribution in [1.29, 1.82) is 0 Å². The molecular weight excluding hydrogens is 505 g/mol. The number of methoxy groups -OCH3 is 2. The highest BCUT2D eigenvalue weighted by Crippen LogP contribution is 2.29. The highest BCUT2D eigenvalue weighted by Gasteiger charge is 2.13. The summed E-state index contributed by atoms with van der Waals surface area (Å²) in [5.74, 6) is 1.88. The number of hydrogen-bond acceptors (Lipinski definition) is 5. The topological polar surface area (TPSA) is 89.0 Å².